The van der Waals surface area contributed by atoms with Crippen LogP contribution in [0.5, 0.6) is 0 Å². The zero-order valence-electron chi connectivity index (χ0n) is 12.2. The summed E-state index contributed by atoms with van der Waals surface area (Å²) in [6.45, 7) is 12.4. The van der Waals surface area contributed by atoms with E-state index in [2.05, 4.69) is 31.0 Å². The lowest BCUT2D eigenvalue weighted by Crippen LogP contribution is -2.52. The van der Waals surface area contributed by atoms with E-state index in [4.69, 9.17) is 0 Å². The van der Waals surface area contributed by atoms with Crippen LogP contribution >= 0.6 is 0 Å². The van der Waals surface area contributed by atoms with E-state index in [0.717, 1.165) is 51.5 Å². The molecule has 18 heavy (non-hydrogen) atoms. The van der Waals surface area contributed by atoms with Crippen molar-refractivity contribution in [2.45, 2.75) is 40.0 Å². The normalized spacial score (nSPS) is 17.2. The van der Waals surface area contributed by atoms with E-state index in [1.54, 1.807) is 0 Å². The molecular weight excluding hydrogens is 226 g/mol. The van der Waals surface area contributed by atoms with Crippen LogP contribution in [0, 0.1) is 5.92 Å². The molecule has 0 bridgehead atoms. The van der Waals surface area contributed by atoms with Crippen molar-refractivity contribution >= 4 is 6.03 Å². The molecule has 4 heteroatoms. The summed E-state index contributed by atoms with van der Waals surface area (Å²) in [7, 11) is 0. The fourth-order valence-electron chi connectivity index (χ4n) is 2.10. The van der Waals surface area contributed by atoms with Crippen LogP contribution in [0.25, 0.3) is 0 Å². The molecule has 106 valence electrons. The van der Waals surface area contributed by atoms with Crippen LogP contribution in [-0.4, -0.2) is 55.1 Å². The highest BCUT2D eigenvalue weighted by molar-refractivity contribution is 5.74. The Morgan fingerprint density at radius 3 is 2.44 bits per heavy atom. The Bertz CT molecular complexity index is 235. The molecule has 1 aliphatic rings. The Balaban J connectivity index is 2.16. The van der Waals surface area contributed by atoms with E-state index < -0.39 is 0 Å². The maximum Gasteiger partial charge on any atom is 0.317 e. The van der Waals surface area contributed by atoms with Crippen LogP contribution in [-0.2, 0) is 0 Å². The van der Waals surface area contributed by atoms with Crippen molar-refractivity contribution in [3.63, 3.8) is 0 Å². The largest absolute Gasteiger partial charge is 0.338 e. The highest BCUT2D eigenvalue weighted by atomic mass is 16.2. The molecule has 1 aliphatic heterocycles. The molecule has 0 aromatic rings. The first kappa shape index (κ1) is 15.3. The molecule has 1 rings (SSSR count). The lowest BCUT2D eigenvalue weighted by atomic mass is 10.1. The molecule has 0 aliphatic carbocycles. The predicted molar refractivity (Wildman–Crippen MR) is 75.8 cm³/mol. The van der Waals surface area contributed by atoms with Gasteiger partial charge in [-0.1, -0.05) is 27.2 Å². The van der Waals surface area contributed by atoms with Gasteiger partial charge in [0.15, 0.2) is 0 Å². The third-order valence-corrected chi connectivity index (χ3v) is 3.49. The third kappa shape index (κ3) is 5.71. The molecule has 0 unspecified atom stereocenters. The van der Waals surface area contributed by atoms with Crippen LogP contribution in [0.3, 0.4) is 0 Å². The molecule has 0 saturated carbocycles. The van der Waals surface area contributed by atoms with Gasteiger partial charge < -0.3 is 10.2 Å². The number of rotatable bonds is 6. The maximum absolute atomic E-state index is 11.8. The van der Waals surface area contributed by atoms with Crippen molar-refractivity contribution in [3.05, 3.63) is 0 Å². The van der Waals surface area contributed by atoms with Crippen molar-refractivity contribution in [2.75, 3.05) is 39.3 Å². The quantitative estimate of drug-likeness (QED) is 0.738. The zero-order chi connectivity index (χ0) is 13.4. The van der Waals surface area contributed by atoms with Crippen molar-refractivity contribution < 1.29 is 4.79 Å². The average molecular weight is 255 g/mol. The Morgan fingerprint density at radius 1 is 1.22 bits per heavy atom. The SMILES string of the molecule is CCCCNC(=O)N1CCN(CCC(C)C)CC1. The van der Waals surface area contributed by atoms with E-state index in [0.29, 0.717) is 0 Å². The molecule has 1 heterocycles. The third-order valence-electron chi connectivity index (χ3n) is 3.49. The highest BCUT2D eigenvalue weighted by Gasteiger charge is 2.20. The number of urea groups is 1. The maximum atomic E-state index is 11.8. The minimum Gasteiger partial charge on any atom is -0.338 e. The number of nitrogens with zero attached hydrogens (tertiary/aromatic N) is 2. The Labute approximate surface area is 112 Å². The summed E-state index contributed by atoms with van der Waals surface area (Å²) >= 11 is 0. The fourth-order valence-corrected chi connectivity index (χ4v) is 2.10. The van der Waals surface area contributed by atoms with Crippen LogP contribution in [0.15, 0.2) is 0 Å². The average Bonchev–Trinajstić information content (AvgIpc) is 2.37. The van der Waals surface area contributed by atoms with E-state index in [-0.39, 0.29) is 6.03 Å². The molecule has 1 fully saturated rings. The highest BCUT2D eigenvalue weighted by Crippen LogP contribution is 2.06. The summed E-state index contributed by atoms with van der Waals surface area (Å²) in [5.41, 5.74) is 0. The number of unbranched alkanes of at least 4 members (excludes halogenated alkanes) is 1. The van der Waals surface area contributed by atoms with Crippen LogP contribution in [0.4, 0.5) is 4.79 Å². The second kappa shape index (κ2) is 8.35. The van der Waals surface area contributed by atoms with Crippen LogP contribution < -0.4 is 5.32 Å². The van der Waals surface area contributed by atoms with Gasteiger partial charge in [0.1, 0.15) is 0 Å². The number of hydrogen-bond acceptors (Lipinski definition) is 2. The molecule has 0 spiro atoms. The molecule has 1 N–H and O–H groups in total. The van der Waals surface area contributed by atoms with Gasteiger partial charge in [0, 0.05) is 32.7 Å². The topological polar surface area (TPSA) is 35.6 Å². The molecule has 0 aromatic heterocycles. The number of carbonyl (C=O) groups excluding carboxylic acids is 1. The fraction of sp³-hybridized carbons (Fsp3) is 0.929. The minimum absolute atomic E-state index is 0.118. The number of amides is 2. The predicted octanol–water partition coefficient (Wildman–Crippen LogP) is 2.16. The number of carbonyl (C=O) groups is 1. The summed E-state index contributed by atoms with van der Waals surface area (Å²) in [6, 6.07) is 0.118. The van der Waals surface area contributed by atoms with Gasteiger partial charge in [-0.25, -0.2) is 4.79 Å². The lowest BCUT2D eigenvalue weighted by molar-refractivity contribution is 0.136. The molecule has 0 aromatic carbocycles. The summed E-state index contributed by atoms with van der Waals surface area (Å²) in [4.78, 5) is 16.3. The molecule has 0 atom stereocenters. The van der Waals surface area contributed by atoms with Crippen molar-refractivity contribution in [3.8, 4) is 0 Å². The second-order valence-electron chi connectivity index (χ2n) is 5.60. The second-order valence-corrected chi connectivity index (χ2v) is 5.60. The number of nitrogens with one attached hydrogen (secondary N) is 1. The Kier molecular flexibility index (Phi) is 7.09. The van der Waals surface area contributed by atoms with Gasteiger partial charge in [0.2, 0.25) is 0 Å². The van der Waals surface area contributed by atoms with Crippen LogP contribution in [0.2, 0.25) is 0 Å². The van der Waals surface area contributed by atoms with Gasteiger partial charge in [0.25, 0.3) is 0 Å². The van der Waals surface area contributed by atoms with Gasteiger partial charge in [-0.15, -0.1) is 0 Å². The first-order valence-electron chi connectivity index (χ1n) is 7.38. The van der Waals surface area contributed by atoms with Crippen LogP contribution in [0.1, 0.15) is 40.0 Å². The summed E-state index contributed by atoms with van der Waals surface area (Å²) in [5.74, 6) is 0.764. The summed E-state index contributed by atoms with van der Waals surface area (Å²) < 4.78 is 0. The monoisotopic (exact) mass is 255 g/mol. The molecule has 1 saturated heterocycles. The first-order valence-corrected chi connectivity index (χ1v) is 7.38. The van der Waals surface area contributed by atoms with Gasteiger partial charge in [0.05, 0.1) is 0 Å². The Hall–Kier alpha value is -0.770. The molecule has 4 nitrogen and oxygen atoms in total. The molecule has 2 amide bonds. The lowest BCUT2D eigenvalue weighted by Gasteiger charge is -2.35. The van der Waals surface area contributed by atoms with Gasteiger partial charge in [-0.2, -0.15) is 0 Å². The van der Waals surface area contributed by atoms with E-state index in [9.17, 15) is 4.79 Å². The van der Waals surface area contributed by atoms with E-state index in [1.807, 2.05) is 4.90 Å². The van der Waals surface area contributed by atoms with Crippen molar-refractivity contribution in [2.24, 2.45) is 5.92 Å². The van der Waals surface area contributed by atoms with Crippen molar-refractivity contribution in [1.29, 1.82) is 0 Å². The zero-order valence-corrected chi connectivity index (χ0v) is 12.2. The van der Waals surface area contributed by atoms with Gasteiger partial charge >= 0.3 is 6.03 Å². The number of hydrogen-bond donors (Lipinski definition) is 1. The van der Waals surface area contributed by atoms with E-state index >= 15 is 0 Å². The Morgan fingerprint density at radius 2 is 1.89 bits per heavy atom. The summed E-state index contributed by atoms with van der Waals surface area (Å²) in [6.07, 6.45) is 3.45. The smallest absolute Gasteiger partial charge is 0.317 e. The molecule has 0 radical (unpaired) electrons. The summed E-state index contributed by atoms with van der Waals surface area (Å²) in [5, 5.41) is 2.99. The van der Waals surface area contributed by atoms with Gasteiger partial charge in [-0.05, 0) is 25.3 Å². The molecular formula is C14H29N3O. The van der Waals surface area contributed by atoms with Gasteiger partial charge in [-0.3, -0.25) is 4.90 Å². The standard InChI is InChI=1S/C14H29N3O/c1-4-5-7-15-14(18)17-11-9-16(10-12-17)8-6-13(2)3/h13H,4-12H2,1-3H3,(H,15,18). The number of piperazine rings is 1. The van der Waals surface area contributed by atoms with E-state index in [1.165, 1.54) is 13.0 Å². The van der Waals surface area contributed by atoms with Crippen molar-refractivity contribution in [1.82, 2.24) is 15.1 Å². The minimum atomic E-state index is 0.118. The first-order chi connectivity index (χ1) is 8.63.